The highest BCUT2D eigenvalue weighted by Crippen LogP contribution is 2.18. The molecule has 0 unspecified atom stereocenters. The van der Waals surface area contributed by atoms with Crippen LogP contribution in [0.3, 0.4) is 0 Å². The molecule has 154 valence electrons. The van der Waals surface area contributed by atoms with E-state index < -0.39 is 5.60 Å². The van der Waals surface area contributed by atoms with E-state index in [-0.39, 0.29) is 11.7 Å². The topological polar surface area (TPSA) is 106 Å². The van der Waals surface area contributed by atoms with Gasteiger partial charge in [0, 0.05) is 55.9 Å². The number of hydrogen-bond acceptors (Lipinski definition) is 7. The first-order valence-electron chi connectivity index (χ1n) is 9.07. The standard InChI is InChI=1S/C17H25IN6O4/c1-17(2,3)28-16(26)23-7-5-22(6-8-23)15-19-11-12(21-15)20-14(18)24(13(11)25)9-10-27-4/h5-10H2,1-4H3,(H,19,21). The van der Waals surface area contributed by atoms with Crippen molar-refractivity contribution in [3.8, 4) is 0 Å². The molecule has 11 heteroatoms. The van der Waals surface area contributed by atoms with Gasteiger partial charge in [-0.15, -0.1) is 0 Å². The molecular formula is C17H25IN6O4. The Balaban J connectivity index is 1.74. The number of fused-ring (bicyclic) bond motifs is 1. The Hall–Kier alpha value is -1.89. The fourth-order valence-corrected chi connectivity index (χ4v) is 3.59. The largest absolute Gasteiger partial charge is 0.444 e. The lowest BCUT2D eigenvalue weighted by molar-refractivity contribution is 0.0240. The third kappa shape index (κ3) is 4.57. The number of anilines is 1. The van der Waals surface area contributed by atoms with E-state index >= 15 is 0 Å². The molecule has 0 bridgehead atoms. The van der Waals surface area contributed by atoms with Crippen LogP contribution in [-0.2, 0) is 16.0 Å². The molecule has 1 aliphatic rings. The highest BCUT2D eigenvalue weighted by molar-refractivity contribution is 14.1. The maximum Gasteiger partial charge on any atom is 0.410 e. The van der Waals surface area contributed by atoms with Gasteiger partial charge in [-0.05, 0) is 20.8 Å². The second kappa shape index (κ2) is 8.23. The fraction of sp³-hybridized carbons (Fsp3) is 0.647. The zero-order chi connectivity index (χ0) is 20.5. The Kier molecular flexibility index (Phi) is 6.12. The Bertz CT molecular complexity index is 911. The number of methoxy groups -OCH3 is 1. The molecule has 0 atom stereocenters. The molecule has 0 spiro atoms. The molecule has 0 aromatic carbocycles. The monoisotopic (exact) mass is 504 g/mol. The molecule has 1 aliphatic heterocycles. The van der Waals surface area contributed by atoms with Gasteiger partial charge in [-0.3, -0.25) is 9.36 Å². The number of halogens is 1. The lowest BCUT2D eigenvalue weighted by Gasteiger charge is -2.35. The van der Waals surface area contributed by atoms with Gasteiger partial charge in [-0.25, -0.2) is 9.78 Å². The number of carbonyl (C=O) groups is 1. The average Bonchev–Trinajstić information content (AvgIpc) is 3.04. The van der Waals surface area contributed by atoms with Gasteiger partial charge in [0.15, 0.2) is 15.0 Å². The van der Waals surface area contributed by atoms with E-state index in [1.807, 2.05) is 48.3 Å². The smallest absolute Gasteiger partial charge is 0.410 e. The van der Waals surface area contributed by atoms with E-state index in [0.717, 1.165) is 0 Å². The molecule has 3 rings (SSSR count). The number of H-pyrrole nitrogens is 1. The second-order valence-corrected chi connectivity index (χ2v) is 8.51. The van der Waals surface area contributed by atoms with Crippen molar-refractivity contribution in [2.45, 2.75) is 32.9 Å². The number of rotatable bonds is 4. The molecule has 1 fully saturated rings. The van der Waals surface area contributed by atoms with Crippen LogP contribution in [0.5, 0.6) is 0 Å². The average molecular weight is 504 g/mol. The molecule has 3 heterocycles. The van der Waals surface area contributed by atoms with E-state index in [4.69, 9.17) is 9.47 Å². The number of carbonyl (C=O) groups excluding carboxylic acids is 1. The molecule has 1 N–H and O–H groups in total. The summed E-state index contributed by atoms with van der Waals surface area (Å²) in [5.74, 6) is 0.587. The first kappa shape index (κ1) is 20.8. The first-order valence-corrected chi connectivity index (χ1v) is 10.2. The summed E-state index contributed by atoms with van der Waals surface area (Å²) >= 11 is 2.03. The van der Waals surface area contributed by atoms with Crippen LogP contribution < -0.4 is 10.5 Å². The second-order valence-electron chi connectivity index (χ2n) is 7.54. The molecule has 0 aliphatic carbocycles. The van der Waals surface area contributed by atoms with Crippen LogP contribution in [0.15, 0.2) is 4.79 Å². The zero-order valence-corrected chi connectivity index (χ0v) is 18.6. The number of nitrogens with zero attached hydrogens (tertiary/aromatic N) is 5. The number of imidazole rings is 1. The summed E-state index contributed by atoms with van der Waals surface area (Å²) in [4.78, 5) is 40.6. The maximum atomic E-state index is 12.7. The third-order valence-corrected chi connectivity index (χ3v) is 5.13. The van der Waals surface area contributed by atoms with Crippen molar-refractivity contribution < 1.29 is 14.3 Å². The summed E-state index contributed by atoms with van der Waals surface area (Å²) in [6.07, 6.45) is -0.311. The molecule has 2 aromatic rings. The lowest BCUT2D eigenvalue weighted by Crippen LogP contribution is -2.50. The number of hydrogen-bond donors (Lipinski definition) is 1. The Morgan fingerprint density at radius 2 is 1.89 bits per heavy atom. The van der Waals surface area contributed by atoms with Crippen LogP contribution >= 0.6 is 22.6 Å². The summed E-state index contributed by atoms with van der Waals surface area (Å²) in [6, 6.07) is 0. The molecule has 28 heavy (non-hydrogen) atoms. The van der Waals surface area contributed by atoms with Crippen LogP contribution in [-0.4, -0.2) is 76.0 Å². The predicted octanol–water partition coefficient (Wildman–Crippen LogP) is 1.43. The summed E-state index contributed by atoms with van der Waals surface area (Å²) in [5, 5.41) is 0. The molecular weight excluding hydrogens is 479 g/mol. The van der Waals surface area contributed by atoms with Crippen LogP contribution in [0.4, 0.5) is 10.7 Å². The zero-order valence-electron chi connectivity index (χ0n) is 16.5. The van der Waals surface area contributed by atoms with Crippen LogP contribution in [0, 0.1) is 3.83 Å². The van der Waals surface area contributed by atoms with Crippen molar-refractivity contribution >= 4 is 45.8 Å². The van der Waals surface area contributed by atoms with Gasteiger partial charge < -0.3 is 24.3 Å². The first-order chi connectivity index (χ1) is 13.2. The highest BCUT2D eigenvalue weighted by atomic mass is 127. The molecule has 0 saturated carbocycles. The summed E-state index contributed by atoms with van der Waals surface area (Å²) in [5.41, 5.74) is 0.0877. The minimum absolute atomic E-state index is 0.169. The van der Waals surface area contributed by atoms with E-state index in [1.165, 1.54) is 0 Å². The van der Waals surface area contributed by atoms with E-state index in [2.05, 4.69) is 15.0 Å². The fourth-order valence-electron chi connectivity index (χ4n) is 2.90. The van der Waals surface area contributed by atoms with Crippen molar-refractivity contribution in [1.29, 1.82) is 0 Å². The Labute approximate surface area is 176 Å². The molecule has 0 radical (unpaired) electrons. The molecule has 1 amide bonds. The molecule has 10 nitrogen and oxygen atoms in total. The third-order valence-electron chi connectivity index (χ3n) is 4.30. The van der Waals surface area contributed by atoms with E-state index in [1.54, 1.807) is 16.6 Å². The van der Waals surface area contributed by atoms with E-state index in [9.17, 15) is 9.59 Å². The lowest BCUT2D eigenvalue weighted by atomic mass is 10.2. The van der Waals surface area contributed by atoms with Crippen LogP contribution in [0.25, 0.3) is 11.2 Å². The SMILES string of the molecule is COCCn1c(I)nc2nc(N3CCN(C(=O)OC(C)(C)C)CC3)[nH]c2c1=O. The van der Waals surface area contributed by atoms with Gasteiger partial charge >= 0.3 is 6.09 Å². The number of aromatic amines is 1. The van der Waals surface area contributed by atoms with Crippen molar-refractivity contribution in [2.75, 3.05) is 44.8 Å². The maximum absolute atomic E-state index is 12.7. The summed E-state index contributed by atoms with van der Waals surface area (Å²) < 4.78 is 12.6. The van der Waals surface area contributed by atoms with Crippen molar-refractivity contribution in [3.05, 3.63) is 14.2 Å². The van der Waals surface area contributed by atoms with Crippen molar-refractivity contribution in [1.82, 2.24) is 24.4 Å². The van der Waals surface area contributed by atoms with Gasteiger partial charge in [-0.2, -0.15) is 4.98 Å². The van der Waals surface area contributed by atoms with Crippen molar-refractivity contribution in [3.63, 3.8) is 0 Å². The Morgan fingerprint density at radius 3 is 2.50 bits per heavy atom. The quantitative estimate of drug-likeness (QED) is 0.496. The van der Waals surface area contributed by atoms with Crippen LogP contribution in [0.2, 0.25) is 0 Å². The Morgan fingerprint density at radius 1 is 1.21 bits per heavy atom. The van der Waals surface area contributed by atoms with Gasteiger partial charge in [-0.1, -0.05) is 0 Å². The van der Waals surface area contributed by atoms with Gasteiger partial charge in [0.25, 0.3) is 5.56 Å². The minimum Gasteiger partial charge on any atom is -0.444 e. The number of piperazine rings is 1. The highest BCUT2D eigenvalue weighted by Gasteiger charge is 2.27. The molecule has 1 saturated heterocycles. The summed E-state index contributed by atoms with van der Waals surface area (Å²) in [7, 11) is 1.59. The number of aromatic nitrogens is 4. The number of amides is 1. The predicted molar refractivity (Wildman–Crippen MR) is 113 cm³/mol. The molecule has 2 aromatic heterocycles. The minimum atomic E-state index is -0.515. The number of nitrogens with one attached hydrogen (secondary N) is 1. The van der Waals surface area contributed by atoms with Gasteiger partial charge in [0.05, 0.1) is 13.2 Å². The van der Waals surface area contributed by atoms with Crippen molar-refractivity contribution in [2.24, 2.45) is 0 Å². The number of ether oxygens (including phenoxy) is 2. The van der Waals surface area contributed by atoms with Gasteiger partial charge in [0.1, 0.15) is 5.60 Å². The normalized spacial score (nSPS) is 15.3. The van der Waals surface area contributed by atoms with E-state index in [0.29, 0.717) is 60.3 Å². The summed E-state index contributed by atoms with van der Waals surface area (Å²) in [6.45, 7) is 8.64. The van der Waals surface area contributed by atoms with Gasteiger partial charge in [0.2, 0.25) is 5.95 Å². The van der Waals surface area contributed by atoms with Crippen LogP contribution in [0.1, 0.15) is 20.8 Å².